The first-order valence-corrected chi connectivity index (χ1v) is 7.21. The topological polar surface area (TPSA) is 96.2 Å². The van der Waals surface area contributed by atoms with Gasteiger partial charge in [0.2, 0.25) is 5.43 Å². The number of nitrogens with one attached hydrogen (secondary N) is 2. The second kappa shape index (κ2) is 5.86. The predicted octanol–water partition coefficient (Wildman–Crippen LogP) is -0.756. The number of fused-ring (bicyclic) bond motifs is 1. The van der Waals surface area contributed by atoms with Gasteiger partial charge in [-0.1, -0.05) is 12.1 Å². The van der Waals surface area contributed by atoms with Crippen LogP contribution >= 0.6 is 0 Å². The molecule has 1 aromatic carbocycles. The number of aliphatic hydroxyl groups excluding tert-OH is 1. The molecule has 7 heteroatoms. The molecule has 116 valence electrons. The zero-order valence-corrected chi connectivity index (χ0v) is 12.2. The Bertz CT molecular complexity index is 771. The summed E-state index contributed by atoms with van der Waals surface area (Å²) >= 11 is 0. The summed E-state index contributed by atoms with van der Waals surface area (Å²) in [7, 11) is 1.70. The van der Waals surface area contributed by atoms with Crippen LogP contribution in [0.4, 0.5) is 0 Å². The minimum Gasteiger partial charge on any atom is -0.391 e. The number of β-amino-alcohol motifs (C(OH)–C–C–N with tert-alkyl or cyclic N) is 1. The number of nitrogens with zero attached hydrogens (tertiary/aromatic N) is 2. The summed E-state index contributed by atoms with van der Waals surface area (Å²) in [5.41, 5.74) is 0.178. The van der Waals surface area contributed by atoms with E-state index in [9.17, 15) is 14.7 Å². The molecule has 0 radical (unpaired) electrons. The normalized spacial score (nSPS) is 21.2. The van der Waals surface area contributed by atoms with Gasteiger partial charge < -0.3 is 15.7 Å². The van der Waals surface area contributed by atoms with E-state index in [4.69, 9.17) is 0 Å². The molecule has 3 N–H and O–H groups in total. The summed E-state index contributed by atoms with van der Waals surface area (Å²) in [6.45, 7) is 1.48. The van der Waals surface area contributed by atoms with Crippen molar-refractivity contribution in [2.24, 2.45) is 13.0 Å². The highest BCUT2D eigenvalue weighted by Gasteiger charge is 2.26. The van der Waals surface area contributed by atoms with Crippen LogP contribution in [-0.2, 0) is 7.05 Å². The monoisotopic (exact) mass is 302 g/mol. The summed E-state index contributed by atoms with van der Waals surface area (Å²) in [5.74, 6) is -0.557. The summed E-state index contributed by atoms with van der Waals surface area (Å²) in [5, 5.41) is 20.0. The molecule has 2 unspecified atom stereocenters. The number of aryl methyl sites for hydroxylation is 1. The molecule has 3 rings (SSSR count). The van der Waals surface area contributed by atoms with Crippen LogP contribution in [0.1, 0.15) is 10.5 Å². The van der Waals surface area contributed by atoms with Crippen molar-refractivity contribution in [2.75, 3.05) is 19.6 Å². The van der Waals surface area contributed by atoms with Crippen molar-refractivity contribution in [2.45, 2.75) is 6.10 Å². The fourth-order valence-corrected chi connectivity index (χ4v) is 2.71. The standard InChI is InChI=1S/C15H18N4O3/c1-19-11-5-3-2-4-10(11)14(21)13(18-19)15(22)17-7-9-6-16-8-12(9)20/h2-5,9,12,16,20H,6-8H2,1H3,(H,17,22). The van der Waals surface area contributed by atoms with E-state index in [1.165, 1.54) is 4.68 Å². The molecule has 0 saturated carbocycles. The highest BCUT2D eigenvalue weighted by molar-refractivity contribution is 5.95. The molecule has 1 saturated heterocycles. The van der Waals surface area contributed by atoms with Crippen LogP contribution in [0.15, 0.2) is 29.1 Å². The molecule has 2 atom stereocenters. The molecule has 1 fully saturated rings. The zero-order valence-electron chi connectivity index (χ0n) is 12.2. The molecule has 1 amide bonds. The van der Waals surface area contributed by atoms with Crippen molar-refractivity contribution < 1.29 is 9.90 Å². The van der Waals surface area contributed by atoms with Crippen molar-refractivity contribution in [3.05, 3.63) is 40.2 Å². The second-order valence-electron chi connectivity index (χ2n) is 5.51. The molecular formula is C15H18N4O3. The zero-order chi connectivity index (χ0) is 15.7. The van der Waals surface area contributed by atoms with E-state index in [2.05, 4.69) is 15.7 Å². The maximum Gasteiger partial charge on any atom is 0.275 e. The van der Waals surface area contributed by atoms with Gasteiger partial charge in [0.1, 0.15) is 0 Å². The Hall–Kier alpha value is -2.25. The Morgan fingerprint density at radius 1 is 1.45 bits per heavy atom. The molecular weight excluding hydrogens is 284 g/mol. The summed E-state index contributed by atoms with van der Waals surface area (Å²) in [4.78, 5) is 24.6. The number of rotatable bonds is 3. The summed E-state index contributed by atoms with van der Waals surface area (Å²) in [6, 6.07) is 7.04. The fraction of sp³-hybridized carbons (Fsp3) is 0.400. The Kier molecular flexibility index (Phi) is 3.91. The maximum atomic E-state index is 12.4. The summed E-state index contributed by atoms with van der Waals surface area (Å²) in [6.07, 6.45) is -0.479. The number of aliphatic hydroxyl groups is 1. The lowest BCUT2D eigenvalue weighted by atomic mass is 10.1. The van der Waals surface area contributed by atoms with Gasteiger partial charge in [0, 0.05) is 38.0 Å². The molecule has 22 heavy (non-hydrogen) atoms. The SMILES string of the molecule is Cn1nc(C(=O)NCC2CNCC2O)c(=O)c2ccccc21. The number of hydrogen-bond donors (Lipinski definition) is 3. The third-order valence-corrected chi connectivity index (χ3v) is 4.01. The van der Waals surface area contributed by atoms with Crippen molar-refractivity contribution in [1.29, 1.82) is 0 Å². The van der Waals surface area contributed by atoms with E-state index in [0.717, 1.165) is 0 Å². The van der Waals surface area contributed by atoms with Gasteiger partial charge in [0.05, 0.1) is 11.6 Å². The van der Waals surface area contributed by atoms with Crippen LogP contribution in [0, 0.1) is 5.92 Å². The predicted molar refractivity (Wildman–Crippen MR) is 81.7 cm³/mol. The van der Waals surface area contributed by atoms with Gasteiger partial charge in [-0.25, -0.2) is 0 Å². The van der Waals surface area contributed by atoms with Gasteiger partial charge in [-0.3, -0.25) is 14.3 Å². The largest absolute Gasteiger partial charge is 0.391 e. The fourth-order valence-electron chi connectivity index (χ4n) is 2.71. The number of hydrogen-bond acceptors (Lipinski definition) is 5. The molecule has 2 heterocycles. The van der Waals surface area contributed by atoms with Crippen molar-refractivity contribution in [3.63, 3.8) is 0 Å². The van der Waals surface area contributed by atoms with Crippen molar-refractivity contribution in [3.8, 4) is 0 Å². The number of benzene rings is 1. The average Bonchev–Trinajstić information content (AvgIpc) is 2.94. The van der Waals surface area contributed by atoms with Gasteiger partial charge in [0.15, 0.2) is 5.69 Å². The van der Waals surface area contributed by atoms with Crippen LogP contribution in [0.5, 0.6) is 0 Å². The first-order valence-electron chi connectivity index (χ1n) is 7.21. The Balaban J connectivity index is 1.85. The van der Waals surface area contributed by atoms with Gasteiger partial charge >= 0.3 is 0 Å². The minimum absolute atomic E-state index is 0.0479. The average molecular weight is 302 g/mol. The molecule has 1 aromatic heterocycles. The van der Waals surface area contributed by atoms with E-state index in [1.807, 2.05) is 6.07 Å². The van der Waals surface area contributed by atoms with Gasteiger partial charge in [-0.15, -0.1) is 0 Å². The van der Waals surface area contributed by atoms with Crippen molar-refractivity contribution in [1.82, 2.24) is 20.4 Å². The molecule has 7 nitrogen and oxygen atoms in total. The molecule has 0 spiro atoms. The van der Waals surface area contributed by atoms with Gasteiger partial charge in [-0.05, 0) is 12.1 Å². The number of aromatic nitrogens is 2. The van der Waals surface area contributed by atoms with Crippen LogP contribution in [0.2, 0.25) is 0 Å². The van der Waals surface area contributed by atoms with Crippen LogP contribution < -0.4 is 16.1 Å². The van der Waals surface area contributed by atoms with E-state index in [0.29, 0.717) is 30.5 Å². The lowest BCUT2D eigenvalue weighted by Gasteiger charge is -2.14. The van der Waals surface area contributed by atoms with E-state index in [-0.39, 0.29) is 17.0 Å². The summed E-state index contributed by atoms with van der Waals surface area (Å²) < 4.78 is 1.53. The smallest absolute Gasteiger partial charge is 0.275 e. The van der Waals surface area contributed by atoms with Crippen molar-refractivity contribution >= 4 is 16.8 Å². The molecule has 2 aromatic rings. The third kappa shape index (κ3) is 2.60. The quantitative estimate of drug-likeness (QED) is 0.693. The third-order valence-electron chi connectivity index (χ3n) is 4.01. The molecule has 1 aliphatic heterocycles. The Labute approximate surface area is 126 Å². The van der Waals surface area contributed by atoms with Gasteiger partial charge in [0.25, 0.3) is 5.91 Å². The highest BCUT2D eigenvalue weighted by atomic mass is 16.3. The van der Waals surface area contributed by atoms with Gasteiger partial charge in [-0.2, -0.15) is 5.10 Å². The van der Waals surface area contributed by atoms with E-state index < -0.39 is 12.0 Å². The number of carbonyl (C=O) groups excluding carboxylic acids is 1. The van der Waals surface area contributed by atoms with E-state index >= 15 is 0 Å². The lowest BCUT2D eigenvalue weighted by Crippen LogP contribution is -2.37. The second-order valence-corrected chi connectivity index (χ2v) is 5.51. The van der Waals surface area contributed by atoms with Crippen LogP contribution in [-0.4, -0.2) is 46.5 Å². The first-order chi connectivity index (χ1) is 10.6. The highest BCUT2D eigenvalue weighted by Crippen LogP contribution is 2.09. The Morgan fingerprint density at radius 3 is 2.95 bits per heavy atom. The number of amides is 1. The molecule has 0 aliphatic carbocycles. The first kappa shape index (κ1) is 14.7. The van der Waals surface area contributed by atoms with Crippen LogP contribution in [0.25, 0.3) is 10.9 Å². The maximum absolute atomic E-state index is 12.4. The van der Waals surface area contributed by atoms with E-state index in [1.54, 1.807) is 25.2 Å². The lowest BCUT2D eigenvalue weighted by molar-refractivity contribution is 0.0919. The Morgan fingerprint density at radius 2 is 2.23 bits per heavy atom. The molecule has 0 bridgehead atoms. The number of carbonyl (C=O) groups is 1. The minimum atomic E-state index is -0.509. The number of para-hydroxylation sites is 1. The molecule has 1 aliphatic rings. The van der Waals surface area contributed by atoms with Crippen LogP contribution in [0.3, 0.4) is 0 Å².